The minimum atomic E-state index is -0.156. The predicted octanol–water partition coefficient (Wildman–Crippen LogP) is 2.29. The van der Waals surface area contributed by atoms with Crippen molar-refractivity contribution < 1.29 is 9.53 Å². The SMILES string of the molecule is CCOc1nn(CC)cc1C(=O)NCc1cccs1. The van der Waals surface area contributed by atoms with Crippen LogP contribution in [0.5, 0.6) is 5.88 Å². The number of nitrogens with one attached hydrogen (secondary N) is 1. The lowest BCUT2D eigenvalue weighted by Crippen LogP contribution is -2.22. The Bertz CT molecular complexity index is 534. The highest BCUT2D eigenvalue weighted by atomic mass is 32.1. The fraction of sp³-hybridized carbons (Fsp3) is 0.385. The summed E-state index contributed by atoms with van der Waals surface area (Å²) in [5.74, 6) is 0.240. The Hall–Kier alpha value is -1.82. The van der Waals surface area contributed by atoms with Crippen LogP contribution < -0.4 is 10.1 Å². The molecule has 0 unspecified atom stereocenters. The van der Waals surface area contributed by atoms with E-state index in [0.717, 1.165) is 4.88 Å². The van der Waals surface area contributed by atoms with E-state index in [-0.39, 0.29) is 5.91 Å². The Morgan fingerprint density at radius 2 is 2.37 bits per heavy atom. The zero-order valence-corrected chi connectivity index (χ0v) is 11.9. The van der Waals surface area contributed by atoms with Gasteiger partial charge in [0, 0.05) is 17.6 Å². The summed E-state index contributed by atoms with van der Waals surface area (Å²) in [5.41, 5.74) is 0.486. The fourth-order valence-electron chi connectivity index (χ4n) is 1.64. The maximum absolute atomic E-state index is 12.1. The molecule has 2 heterocycles. The number of thiophene rings is 1. The lowest BCUT2D eigenvalue weighted by molar-refractivity contribution is 0.0947. The summed E-state index contributed by atoms with van der Waals surface area (Å²) >= 11 is 1.62. The molecular weight excluding hydrogens is 262 g/mol. The van der Waals surface area contributed by atoms with Crippen LogP contribution in [-0.2, 0) is 13.1 Å². The molecule has 6 heteroatoms. The van der Waals surface area contributed by atoms with E-state index in [1.54, 1.807) is 22.2 Å². The highest BCUT2D eigenvalue weighted by Crippen LogP contribution is 2.16. The van der Waals surface area contributed by atoms with Gasteiger partial charge in [0.15, 0.2) is 0 Å². The van der Waals surface area contributed by atoms with Crippen molar-refractivity contribution in [3.8, 4) is 5.88 Å². The molecule has 1 N–H and O–H groups in total. The Kier molecular flexibility index (Phi) is 4.57. The molecule has 0 aliphatic rings. The highest BCUT2D eigenvalue weighted by molar-refractivity contribution is 7.09. The van der Waals surface area contributed by atoms with Gasteiger partial charge >= 0.3 is 0 Å². The van der Waals surface area contributed by atoms with Crippen LogP contribution in [0.2, 0.25) is 0 Å². The van der Waals surface area contributed by atoms with Gasteiger partial charge in [0.25, 0.3) is 5.91 Å². The summed E-state index contributed by atoms with van der Waals surface area (Å²) in [6.07, 6.45) is 1.72. The number of hydrogen-bond donors (Lipinski definition) is 1. The molecular formula is C13H17N3O2S. The van der Waals surface area contributed by atoms with Crippen molar-refractivity contribution in [3.05, 3.63) is 34.2 Å². The van der Waals surface area contributed by atoms with Crippen LogP contribution in [0, 0.1) is 0 Å². The first-order chi connectivity index (χ1) is 9.24. The van der Waals surface area contributed by atoms with Crippen LogP contribution in [0.15, 0.2) is 23.7 Å². The minimum absolute atomic E-state index is 0.156. The second-order valence-electron chi connectivity index (χ2n) is 3.90. The molecule has 2 aromatic rings. The number of carbonyl (C=O) groups excluding carboxylic acids is 1. The third kappa shape index (κ3) is 3.35. The van der Waals surface area contributed by atoms with Gasteiger partial charge in [0.05, 0.1) is 13.2 Å². The summed E-state index contributed by atoms with van der Waals surface area (Å²) in [6.45, 7) is 5.57. The minimum Gasteiger partial charge on any atom is -0.476 e. The molecule has 0 spiro atoms. The summed E-state index contributed by atoms with van der Waals surface area (Å²) in [6, 6.07) is 3.96. The van der Waals surface area contributed by atoms with Crippen molar-refractivity contribution in [2.45, 2.75) is 26.9 Å². The van der Waals surface area contributed by atoms with E-state index < -0.39 is 0 Å². The number of aromatic nitrogens is 2. The van der Waals surface area contributed by atoms with Gasteiger partial charge in [0.1, 0.15) is 5.56 Å². The molecule has 0 saturated carbocycles. The topological polar surface area (TPSA) is 56.2 Å². The molecule has 5 nitrogen and oxygen atoms in total. The molecule has 0 bridgehead atoms. The second-order valence-corrected chi connectivity index (χ2v) is 4.93. The van der Waals surface area contributed by atoms with Gasteiger partial charge < -0.3 is 10.1 Å². The van der Waals surface area contributed by atoms with E-state index in [4.69, 9.17) is 4.74 Å². The van der Waals surface area contributed by atoms with E-state index in [0.29, 0.717) is 31.1 Å². The van der Waals surface area contributed by atoms with E-state index in [2.05, 4.69) is 10.4 Å². The summed E-state index contributed by atoms with van der Waals surface area (Å²) in [7, 11) is 0. The standard InChI is InChI=1S/C13H17N3O2S/c1-3-16-9-11(13(15-16)18-4-2)12(17)14-8-10-6-5-7-19-10/h5-7,9H,3-4,8H2,1-2H3,(H,14,17). The lowest BCUT2D eigenvalue weighted by atomic mass is 10.3. The van der Waals surface area contributed by atoms with Gasteiger partial charge in [-0.05, 0) is 25.3 Å². The Labute approximate surface area is 116 Å². The van der Waals surface area contributed by atoms with Gasteiger partial charge in [-0.25, -0.2) is 0 Å². The first-order valence-corrected chi connectivity index (χ1v) is 7.13. The summed E-state index contributed by atoms with van der Waals surface area (Å²) in [5, 5.41) is 9.08. The number of ether oxygens (including phenoxy) is 1. The van der Waals surface area contributed by atoms with Crippen molar-refractivity contribution in [1.82, 2.24) is 15.1 Å². The van der Waals surface area contributed by atoms with Gasteiger partial charge in [-0.1, -0.05) is 6.07 Å². The summed E-state index contributed by atoms with van der Waals surface area (Å²) < 4.78 is 7.09. The van der Waals surface area contributed by atoms with Gasteiger partial charge in [-0.3, -0.25) is 9.48 Å². The third-order valence-corrected chi connectivity index (χ3v) is 3.46. The van der Waals surface area contributed by atoms with Gasteiger partial charge in [-0.2, -0.15) is 0 Å². The average Bonchev–Trinajstić information content (AvgIpc) is 3.05. The molecule has 0 radical (unpaired) electrons. The molecule has 0 aromatic carbocycles. The predicted molar refractivity (Wildman–Crippen MR) is 74.6 cm³/mol. The summed E-state index contributed by atoms with van der Waals surface area (Å²) in [4.78, 5) is 13.2. The number of amides is 1. The van der Waals surface area contributed by atoms with Crippen molar-refractivity contribution >= 4 is 17.2 Å². The van der Waals surface area contributed by atoms with Crippen molar-refractivity contribution in [2.75, 3.05) is 6.61 Å². The Morgan fingerprint density at radius 3 is 3.00 bits per heavy atom. The normalized spacial score (nSPS) is 10.4. The smallest absolute Gasteiger partial charge is 0.258 e. The zero-order chi connectivity index (χ0) is 13.7. The monoisotopic (exact) mass is 279 g/mol. The molecule has 0 saturated heterocycles. The number of rotatable bonds is 6. The van der Waals surface area contributed by atoms with E-state index in [9.17, 15) is 4.79 Å². The van der Waals surface area contributed by atoms with Crippen LogP contribution in [0.4, 0.5) is 0 Å². The van der Waals surface area contributed by atoms with Crippen LogP contribution in [-0.4, -0.2) is 22.3 Å². The molecule has 0 fully saturated rings. The van der Waals surface area contributed by atoms with Crippen molar-refractivity contribution in [2.24, 2.45) is 0 Å². The molecule has 0 aliphatic heterocycles. The molecule has 0 aliphatic carbocycles. The van der Waals surface area contributed by atoms with Crippen LogP contribution in [0.1, 0.15) is 29.1 Å². The Morgan fingerprint density at radius 1 is 1.53 bits per heavy atom. The molecule has 102 valence electrons. The highest BCUT2D eigenvalue weighted by Gasteiger charge is 2.17. The van der Waals surface area contributed by atoms with E-state index in [1.807, 2.05) is 31.4 Å². The van der Waals surface area contributed by atoms with Crippen molar-refractivity contribution in [3.63, 3.8) is 0 Å². The Balaban J connectivity index is 2.06. The lowest BCUT2D eigenvalue weighted by Gasteiger charge is -2.04. The first-order valence-electron chi connectivity index (χ1n) is 6.25. The van der Waals surface area contributed by atoms with Crippen LogP contribution >= 0.6 is 11.3 Å². The van der Waals surface area contributed by atoms with E-state index in [1.165, 1.54) is 0 Å². The molecule has 0 atom stereocenters. The van der Waals surface area contributed by atoms with Crippen molar-refractivity contribution in [1.29, 1.82) is 0 Å². The molecule has 19 heavy (non-hydrogen) atoms. The average molecular weight is 279 g/mol. The molecule has 2 rings (SSSR count). The number of hydrogen-bond acceptors (Lipinski definition) is 4. The van der Waals surface area contributed by atoms with Gasteiger partial charge in [0.2, 0.25) is 5.88 Å². The maximum atomic E-state index is 12.1. The largest absolute Gasteiger partial charge is 0.476 e. The maximum Gasteiger partial charge on any atom is 0.258 e. The van der Waals surface area contributed by atoms with E-state index >= 15 is 0 Å². The van der Waals surface area contributed by atoms with Crippen LogP contribution in [0.25, 0.3) is 0 Å². The zero-order valence-electron chi connectivity index (χ0n) is 11.0. The van der Waals surface area contributed by atoms with Gasteiger partial charge in [-0.15, -0.1) is 16.4 Å². The molecule has 1 amide bonds. The number of aryl methyl sites for hydroxylation is 1. The quantitative estimate of drug-likeness (QED) is 0.882. The molecule has 2 aromatic heterocycles. The second kappa shape index (κ2) is 6.38. The fourth-order valence-corrected chi connectivity index (χ4v) is 2.29. The van der Waals surface area contributed by atoms with Crippen LogP contribution in [0.3, 0.4) is 0 Å². The first kappa shape index (κ1) is 13.6. The number of carbonyl (C=O) groups is 1. The third-order valence-electron chi connectivity index (χ3n) is 2.58. The number of nitrogens with zero attached hydrogens (tertiary/aromatic N) is 2.